The Labute approximate surface area is 150 Å². The van der Waals surface area contributed by atoms with Crippen molar-refractivity contribution in [1.82, 2.24) is 15.5 Å². The highest BCUT2D eigenvalue weighted by Crippen LogP contribution is 2.25. The van der Waals surface area contributed by atoms with E-state index in [1.807, 2.05) is 0 Å². The molecule has 0 spiro atoms. The first-order valence-corrected chi connectivity index (χ1v) is 9.37. The number of methoxy groups -OCH3 is 2. The van der Waals surface area contributed by atoms with Gasteiger partial charge in [0, 0.05) is 17.9 Å². The summed E-state index contributed by atoms with van der Waals surface area (Å²) in [7, 11) is -0.533. The molecule has 1 heterocycles. The Morgan fingerprint density at radius 1 is 1.27 bits per heavy atom. The number of hydrogen-bond acceptors (Lipinski definition) is 8. The largest absolute Gasteiger partial charge is 0.497 e. The van der Waals surface area contributed by atoms with Crippen LogP contribution in [0.25, 0.3) is 6.08 Å². The molecule has 0 saturated heterocycles. The Balaban J connectivity index is 2.08. The summed E-state index contributed by atoms with van der Waals surface area (Å²) in [6.45, 7) is 1.59. The van der Waals surface area contributed by atoms with Crippen molar-refractivity contribution >= 4 is 21.8 Å². The molecule has 0 unspecified atom stereocenters. The lowest BCUT2D eigenvalue weighted by Gasteiger charge is -2.08. The first-order chi connectivity index (χ1) is 12.2. The fourth-order valence-corrected chi connectivity index (χ4v) is 2.43. The van der Waals surface area contributed by atoms with Crippen LogP contribution in [0, 0.1) is 0 Å². The predicted molar refractivity (Wildman–Crippen MR) is 92.5 cm³/mol. The minimum atomic E-state index is -3.60. The molecule has 0 saturated carbocycles. The maximum absolute atomic E-state index is 12.1. The molecular weight excluding hydrogens is 362 g/mol. The molecule has 0 bridgehead atoms. The molecule has 9 nitrogen and oxygen atoms in total. The summed E-state index contributed by atoms with van der Waals surface area (Å²) in [5.74, 6) is 0.767. The molecule has 1 aromatic heterocycles. The minimum absolute atomic E-state index is 0.00821. The molecule has 10 heteroatoms. The van der Waals surface area contributed by atoms with Crippen LogP contribution in [0.15, 0.2) is 33.9 Å². The van der Waals surface area contributed by atoms with Crippen molar-refractivity contribution in [2.75, 3.05) is 20.5 Å². The van der Waals surface area contributed by atoms with E-state index >= 15 is 0 Å². The smallest absolute Gasteiger partial charge is 0.335 e. The van der Waals surface area contributed by atoms with Crippen molar-refractivity contribution in [3.63, 3.8) is 0 Å². The molecule has 140 valence electrons. The van der Waals surface area contributed by atoms with E-state index in [2.05, 4.69) is 15.5 Å². The Kier molecular flexibility index (Phi) is 5.98. The molecular formula is C16H19N3O6S. The normalized spacial score (nSPS) is 12.8. The zero-order valence-electron chi connectivity index (χ0n) is 14.7. The predicted octanol–water partition coefficient (Wildman–Crippen LogP) is 1.38. The van der Waals surface area contributed by atoms with Gasteiger partial charge in [-0.1, -0.05) is 5.10 Å². The van der Waals surface area contributed by atoms with E-state index in [9.17, 15) is 13.2 Å². The molecule has 1 atom stereocenters. The van der Waals surface area contributed by atoms with Gasteiger partial charge in [-0.05, 0) is 31.2 Å². The van der Waals surface area contributed by atoms with Crippen LogP contribution in [0.3, 0.4) is 0 Å². The van der Waals surface area contributed by atoms with Gasteiger partial charge >= 0.3 is 5.22 Å². The maximum atomic E-state index is 12.1. The molecule has 0 aliphatic rings. The van der Waals surface area contributed by atoms with Gasteiger partial charge in [0.25, 0.3) is 0 Å². The van der Waals surface area contributed by atoms with E-state index < -0.39 is 27.0 Å². The number of rotatable bonds is 7. The lowest BCUT2D eigenvalue weighted by atomic mass is 10.1. The zero-order chi connectivity index (χ0) is 19.3. The van der Waals surface area contributed by atoms with Gasteiger partial charge in [0.2, 0.25) is 21.6 Å². The molecule has 1 aromatic carbocycles. The number of nitrogens with zero attached hydrogens (tertiary/aromatic N) is 2. The lowest BCUT2D eigenvalue weighted by Crippen LogP contribution is -2.24. The fraction of sp³-hybridized carbons (Fsp3) is 0.312. The van der Waals surface area contributed by atoms with Gasteiger partial charge in [-0.3, -0.25) is 4.79 Å². The molecule has 0 fully saturated rings. The summed E-state index contributed by atoms with van der Waals surface area (Å²) in [4.78, 5) is 12.1. The number of amides is 1. The SMILES string of the molecule is COc1ccc(OC)c(/C=C/C(=O)N[C@@H](C)c2nnc(S(C)(=O)=O)o2)c1. The average Bonchev–Trinajstić information content (AvgIpc) is 3.10. The summed E-state index contributed by atoms with van der Waals surface area (Å²) < 4.78 is 38.1. The minimum Gasteiger partial charge on any atom is -0.497 e. The summed E-state index contributed by atoms with van der Waals surface area (Å²) in [5, 5.41) is 9.19. The number of aromatic nitrogens is 2. The number of ether oxygens (including phenoxy) is 2. The Morgan fingerprint density at radius 2 is 2.00 bits per heavy atom. The van der Waals surface area contributed by atoms with Crippen LogP contribution in [0.2, 0.25) is 0 Å². The summed E-state index contributed by atoms with van der Waals surface area (Å²) >= 11 is 0. The van der Waals surface area contributed by atoms with Crippen LogP contribution < -0.4 is 14.8 Å². The lowest BCUT2D eigenvalue weighted by molar-refractivity contribution is -0.117. The van der Waals surface area contributed by atoms with E-state index in [1.54, 1.807) is 38.3 Å². The molecule has 2 aromatic rings. The third kappa shape index (κ3) is 4.82. The van der Waals surface area contributed by atoms with Crippen LogP contribution in [-0.2, 0) is 14.6 Å². The number of carbonyl (C=O) groups excluding carboxylic acids is 1. The summed E-state index contributed by atoms with van der Waals surface area (Å²) in [6.07, 6.45) is 3.83. The second-order valence-corrected chi connectivity index (χ2v) is 7.24. The summed E-state index contributed by atoms with van der Waals surface area (Å²) in [5.41, 5.74) is 0.659. The first kappa shape index (κ1) is 19.4. The molecule has 2 rings (SSSR count). The zero-order valence-corrected chi connectivity index (χ0v) is 15.5. The van der Waals surface area contributed by atoms with Gasteiger partial charge in [0.15, 0.2) is 0 Å². The third-order valence-electron chi connectivity index (χ3n) is 3.32. The van der Waals surface area contributed by atoms with Crippen LogP contribution >= 0.6 is 0 Å². The Hall–Kier alpha value is -2.88. The average molecular weight is 381 g/mol. The standard InChI is InChI=1S/C16H19N3O6S/c1-10(15-18-19-16(25-15)26(4,21)22)17-14(20)8-5-11-9-12(23-2)6-7-13(11)24-3/h5-10H,1-4H3,(H,17,20)/b8-5+/t10-/m0/s1. The van der Waals surface area contributed by atoms with Crippen LogP contribution in [0.1, 0.15) is 24.4 Å². The second kappa shape index (κ2) is 8.00. The monoisotopic (exact) mass is 381 g/mol. The highest BCUT2D eigenvalue weighted by molar-refractivity contribution is 7.90. The van der Waals surface area contributed by atoms with Crippen LogP contribution in [0.4, 0.5) is 0 Å². The van der Waals surface area contributed by atoms with Crippen molar-refractivity contribution in [1.29, 1.82) is 0 Å². The number of sulfone groups is 1. The van der Waals surface area contributed by atoms with Gasteiger partial charge in [-0.25, -0.2) is 8.42 Å². The highest BCUT2D eigenvalue weighted by atomic mass is 32.2. The van der Waals surface area contributed by atoms with Crippen LogP contribution in [0.5, 0.6) is 11.5 Å². The first-order valence-electron chi connectivity index (χ1n) is 7.48. The van der Waals surface area contributed by atoms with Crippen molar-refractivity contribution in [2.45, 2.75) is 18.2 Å². The van der Waals surface area contributed by atoms with E-state index in [1.165, 1.54) is 13.2 Å². The maximum Gasteiger partial charge on any atom is 0.335 e. The van der Waals surface area contributed by atoms with Crippen molar-refractivity contribution in [3.8, 4) is 11.5 Å². The summed E-state index contributed by atoms with van der Waals surface area (Å²) in [6, 6.07) is 4.53. The number of nitrogens with one attached hydrogen (secondary N) is 1. The molecule has 0 aliphatic heterocycles. The van der Waals surface area contributed by atoms with Crippen molar-refractivity contribution in [2.24, 2.45) is 0 Å². The van der Waals surface area contributed by atoms with E-state index in [4.69, 9.17) is 13.9 Å². The Bertz CT molecular complexity index is 920. The molecule has 26 heavy (non-hydrogen) atoms. The van der Waals surface area contributed by atoms with Crippen molar-refractivity contribution in [3.05, 3.63) is 35.7 Å². The Morgan fingerprint density at radius 3 is 2.58 bits per heavy atom. The van der Waals surface area contributed by atoms with Gasteiger partial charge < -0.3 is 19.2 Å². The van der Waals surface area contributed by atoms with E-state index in [0.29, 0.717) is 17.1 Å². The van der Waals surface area contributed by atoms with E-state index in [0.717, 1.165) is 6.26 Å². The highest BCUT2D eigenvalue weighted by Gasteiger charge is 2.20. The number of carbonyl (C=O) groups is 1. The van der Waals surface area contributed by atoms with Crippen LogP contribution in [-0.4, -0.2) is 45.0 Å². The molecule has 1 amide bonds. The number of benzene rings is 1. The molecule has 0 aliphatic carbocycles. The van der Waals surface area contributed by atoms with Gasteiger partial charge in [0.1, 0.15) is 17.5 Å². The topological polar surface area (TPSA) is 121 Å². The fourth-order valence-electron chi connectivity index (χ4n) is 2.00. The molecule has 0 radical (unpaired) electrons. The van der Waals surface area contributed by atoms with E-state index in [-0.39, 0.29) is 5.89 Å². The quantitative estimate of drug-likeness (QED) is 0.714. The van der Waals surface area contributed by atoms with Gasteiger partial charge in [-0.15, -0.1) is 5.10 Å². The van der Waals surface area contributed by atoms with Gasteiger partial charge in [-0.2, -0.15) is 0 Å². The third-order valence-corrected chi connectivity index (χ3v) is 4.12. The van der Waals surface area contributed by atoms with Crippen molar-refractivity contribution < 1.29 is 27.1 Å². The van der Waals surface area contributed by atoms with Gasteiger partial charge in [0.05, 0.1) is 14.2 Å². The number of hydrogen-bond donors (Lipinski definition) is 1. The molecule has 1 N–H and O–H groups in total. The second-order valence-electron chi connectivity index (χ2n) is 5.35.